The maximum atomic E-state index is 11.7. The third-order valence-corrected chi connectivity index (χ3v) is 3.29. The number of ether oxygens (including phenoxy) is 1. The summed E-state index contributed by atoms with van der Waals surface area (Å²) in [6, 6.07) is 0.340. The first-order chi connectivity index (χ1) is 6.06. The number of hydrogen-bond acceptors (Lipinski definition) is 2. The summed E-state index contributed by atoms with van der Waals surface area (Å²) in [4.78, 5) is 13.6. The van der Waals surface area contributed by atoms with Gasteiger partial charge in [0.1, 0.15) is 5.72 Å². The standard InChI is InChI=1S/C10H17NO2/c1-4-7-5-9(12)11-8(7)6-13-10(11,2)3/h7-8H,4-6H2,1-3H3/t7-,8-/m1/s1. The number of carbonyl (C=O) groups is 1. The average molecular weight is 183 g/mol. The lowest BCUT2D eigenvalue weighted by Gasteiger charge is -2.29. The summed E-state index contributed by atoms with van der Waals surface area (Å²) >= 11 is 0. The van der Waals surface area contributed by atoms with Crippen LogP contribution in [-0.4, -0.2) is 29.2 Å². The van der Waals surface area contributed by atoms with E-state index in [0.29, 0.717) is 18.4 Å². The van der Waals surface area contributed by atoms with Crippen molar-refractivity contribution in [1.29, 1.82) is 0 Å². The van der Waals surface area contributed by atoms with Gasteiger partial charge in [0.25, 0.3) is 0 Å². The molecule has 0 aromatic carbocycles. The van der Waals surface area contributed by atoms with Crippen molar-refractivity contribution in [2.24, 2.45) is 5.92 Å². The smallest absolute Gasteiger partial charge is 0.225 e. The van der Waals surface area contributed by atoms with Crippen LogP contribution in [0.2, 0.25) is 0 Å². The summed E-state index contributed by atoms with van der Waals surface area (Å²) in [6.45, 7) is 6.82. The minimum Gasteiger partial charge on any atom is -0.354 e. The highest BCUT2D eigenvalue weighted by Gasteiger charge is 2.51. The molecule has 2 saturated heterocycles. The highest BCUT2D eigenvalue weighted by atomic mass is 16.5. The Morgan fingerprint density at radius 1 is 1.62 bits per heavy atom. The Bertz CT molecular complexity index is 237. The zero-order valence-electron chi connectivity index (χ0n) is 8.54. The van der Waals surface area contributed by atoms with E-state index in [9.17, 15) is 4.79 Å². The summed E-state index contributed by atoms with van der Waals surface area (Å²) < 4.78 is 5.61. The van der Waals surface area contributed by atoms with E-state index in [1.807, 2.05) is 18.7 Å². The molecule has 74 valence electrons. The van der Waals surface area contributed by atoms with E-state index >= 15 is 0 Å². The van der Waals surface area contributed by atoms with Crippen LogP contribution in [-0.2, 0) is 9.53 Å². The molecule has 0 radical (unpaired) electrons. The van der Waals surface area contributed by atoms with Gasteiger partial charge in [-0.25, -0.2) is 0 Å². The summed E-state index contributed by atoms with van der Waals surface area (Å²) in [5.74, 6) is 0.772. The fourth-order valence-electron chi connectivity index (χ4n) is 2.54. The van der Waals surface area contributed by atoms with Crippen molar-refractivity contribution in [3.8, 4) is 0 Å². The third kappa shape index (κ3) is 1.17. The zero-order chi connectivity index (χ0) is 9.64. The maximum absolute atomic E-state index is 11.7. The van der Waals surface area contributed by atoms with E-state index in [4.69, 9.17) is 4.74 Å². The van der Waals surface area contributed by atoms with Crippen molar-refractivity contribution >= 4 is 5.91 Å². The van der Waals surface area contributed by atoms with Crippen molar-refractivity contribution < 1.29 is 9.53 Å². The van der Waals surface area contributed by atoms with Gasteiger partial charge in [-0.2, -0.15) is 0 Å². The second kappa shape index (κ2) is 2.71. The van der Waals surface area contributed by atoms with Crippen molar-refractivity contribution in [3.63, 3.8) is 0 Å². The maximum Gasteiger partial charge on any atom is 0.225 e. The molecule has 0 bridgehead atoms. The normalized spacial score (nSPS) is 36.8. The Labute approximate surface area is 79.0 Å². The number of rotatable bonds is 1. The van der Waals surface area contributed by atoms with Gasteiger partial charge < -0.3 is 9.64 Å². The summed E-state index contributed by atoms with van der Waals surface area (Å²) in [6.07, 6.45) is 1.79. The highest BCUT2D eigenvalue weighted by molar-refractivity contribution is 5.80. The quantitative estimate of drug-likeness (QED) is 0.614. The van der Waals surface area contributed by atoms with Crippen LogP contribution in [0, 0.1) is 5.92 Å². The predicted octanol–water partition coefficient (Wildman–Crippen LogP) is 1.38. The van der Waals surface area contributed by atoms with Gasteiger partial charge >= 0.3 is 0 Å². The van der Waals surface area contributed by atoms with Crippen LogP contribution in [0.1, 0.15) is 33.6 Å². The van der Waals surface area contributed by atoms with Gasteiger partial charge in [-0.05, 0) is 19.8 Å². The molecule has 0 aromatic heterocycles. The number of amides is 1. The minimum absolute atomic E-state index is 0.263. The Morgan fingerprint density at radius 3 is 2.92 bits per heavy atom. The molecule has 2 rings (SSSR count). The zero-order valence-corrected chi connectivity index (χ0v) is 8.54. The Balaban J connectivity index is 2.24. The second-order valence-electron chi connectivity index (χ2n) is 4.46. The molecule has 13 heavy (non-hydrogen) atoms. The second-order valence-corrected chi connectivity index (χ2v) is 4.46. The molecule has 0 unspecified atom stereocenters. The average Bonchev–Trinajstić information content (AvgIpc) is 2.53. The minimum atomic E-state index is -0.369. The third-order valence-electron chi connectivity index (χ3n) is 3.29. The Morgan fingerprint density at radius 2 is 2.31 bits per heavy atom. The molecule has 3 heteroatoms. The highest BCUT2D eigenvalue weighted by Crippen LogP contribution is 2.39. The van der Waals surface area contributed by atoms with Crippen molar-refractivity contribution in [2.75, 3.05) is 6.61 Å². The van der Waals surface area contributed by atoms with Crippen molar-refractivity contribution in [3.05, 3.63) is 0 Å². The Kier molecular flexibility index (Phi) is 1.88. The molecule has 3 nitrogen and oxygen atoms in total. The molecular weight excluding hydrogens is 166 g/mol. The first-order valence-electron chi connectivity index (χ1n) is 5.02. The topological polar surface area (TPSA) is 29.5 Å². The first kappa shape index (κ1) is 9.00. The van der Waals surface area contributed by atoms with E-state index in [2.05, 4.69) is 6.92 Å². The predicted molar refractivity (Wildman–Crippen MR) is 49.1 cm³/mol. The van der Waals surface area contributed by atoms with Gasteiger partial charge in [0.15, 0.2) is 0 Å². The van der Waals surface area contributed by atoms with Crippen molar-refractivity contribution in [2.45, 2.75) is 45.4 Å². The van der Waals surface area contributed by atoms with Gasteiger partial charge in [-0.3, -0.25) is 4.79 Å². The van der Waals surface area contributed by atoms with E-state index in [1.54, 1.807) is 0 Å². The molecule has 2 heterocycles. The molecule has 0 N–H and O–H groups in total. The lowest BCUT2D eigenvalue weighted by atomic mass is 9.98. The molecular formula is C10H17NO2. The lowest BCUT2D eigenvalue weighted by Crippen LogP contribution is -2.43. The lowest BCUT2D eigenvalue weighted by molar-refractivity contribution is -0.141. The van der Waals surface area contributed by atoms with Crippen LogP contribution >= 0.6 is 0 Å². The van der Waals surface area contributed by atoms with E-state index in [0.717, 1.165) is 13.0 Å². The van der Waals surface area contributed by atoms with E-state index < -0.39 is 0 Å². The van der Waals surface area contributed by atoms with Gasteiger partial charge in [0.2, 0.25) is 5.91 Å². The molecule has 1 amide bonds. The van der Waals surface area contributed by atoms with Crippen LogP contribution < -0.4 is 0 Å². The molecule has 2 aliphatic heterocycles. The number of carbonyl (C=O) groups excluding carboxylic acids is 1. The van der Waals surface area contributed by atoms with E-state index in [1.165, 1.54) is 0 Å². The number of hydrogen-bond donors (Lipinski definition) is 0. The molecule has 0 saturated carbocycles. The van der Waals surface area contributed by atoms with Gasteiger partial charge in [-0.15, -0.1) is 0 Å². The van der Waals surface area contributed by atoms with Crippen LogP contribution in [0.25, 0.3) is 0 Å². The van der Waals surface area contributed by atoms with Crippen LogP contribution in [0.3, 0.4) is 0 Å². The van der Waals surface area contributed by atoms with Gasteiger partial charge in [0, 0.05) is 6.42 Å². The Hall–Kier alpha value is -0.570. The van der Waals surface area contributed by atoms with Gasteiger partial charge in [0.05, 0.1) is 12.6 Å². The molecule has 0 aromatic rings. The van der Waals surface area contributed by atoms with Gasteiger partial charge in [-0.1, -0.05) is 13.3 Å². The van der Waals surface area contributed by atoms with Crippen molar-refractivity contribution in [1.82, 2.24) is 4.90 Å². The van der Waals surface area contributed by atoms with Crippen LogP contribution in [0.15, 0.2) is 0 Å². The summed E-state index contributed by atoms with van der Waals surface area (Å²) in [7, 11) is 0. The molecule has 0 aliphatic carbocycles. The summed E-state index contributed by atoms with van der Waals surface area (Å²) in [5, 5.41) is 0. The summed E-state index contributed by atoms with van der Waals surface area (Å²) in [5.41, 5.74) is -0.369. The molecule has 2 atom stereocenters. The number of fused-ring (bicyclic) bond motifs is 1. The molecule has 2 fully saturated rings. The molecule has 0 spiro atoms. The van der Waals surface area contributed by atoms with E-state index in [-0.39, 0.29) is 11.6 Å². The fraction of sp³-hybridized carbons (Fsp3) is 0.900. The first-order valence-corrected chi connectivity index (χ1v) is 5.02. The fourth-order valence-corrected chi connectivity index (χ4v) is 2.54. The van der Waals surface area contributed by atoms with Crippen LogP contribution in [0.5, 0.6) is 0 Å². The molecule has 2 aliphatic rings. The largest absolute Gasteiger partial charge is 0.354 e. The number of nitrogens with zero attached hydrogens (tertiary/aromatic N) is 1. The monoisotopic (exact) mass is 183 g/mol. The SMILES string of the molecule is CC[C@@H]1CC(=O)N2[C@@H]1COC2(C)C. The van der Waals surface area contributed by atoms with Crippen LogP contribution in [0.4, 0.5) is 0 Å².